The first-order valence-electron chi connectivity index (χ1n) is 6.98. The van der Waals surface area contributed by atoms with E-state index < -0.39 is 10.0 Å². The van der Waals surface area contributed by atoms with Crippen molar-refractivity contribution < 1.29 is 8.42 Å². The van der Waals surface area contributed by atoms with Crippen molar-refractivity contribution in [3.63, 3.8) is 0 Å². The molecule has 0 N–H and O–H groups in total. The Hall–Kier alpha value is -2.00. The number of aromatic nitrogens is 4. The summed E-state index contributed by atoms with van der Waals surface area (Å²) in [5, 5.41) is 4.33. The molecule has 2 aromatic heterocycles. The molecule has 1 aliphatic rings. The first kappa shape index (κ1) is 14.9. The lowest BCUT2D eigenvalue weighted by Gasteiger charge is -2.33. The van der Waals surface area contributed by atoms with Crippen LogP contribution in [0.15, 0.2) is 24.7 Å². The Bertz CT molecular complexity index is 764. The molecule has 0 radical (unpaired) electrons. The predicted octanol–water partition coefficient (Wildman–Crippen LogP) is 0.0523. The smallest absolute Gasteiger partial charge is 0.211 e. The first-order valence-corrected chi connectivity index (χ1v) is 8.83. The normalized spacial score (nSPS) is 16.9. The summed E-state index contributed by atoms with van der Waals surface area (Å²) >= 11 is 0. The number of sulfonamides is 1. The third-order valence-corrected chi connectivity index (χ3v) is 4.93. The van der Waals surface area contributed by atoms with Crippen LogP contribution in [0.5, 0.6) is 0 Å². The van der Waals surface area contributed by atoms with Gasteiger partial charge in [0.2, 0.25) is 10.0 Å². The Morgan fingerprint density at radius 2 is 1.77 bits per heavy atom. The van der Waals surface area contributed by atoms with Crippen molar-refractivity contribution >= 4 is 15.8 Å². The predicted molar refractivity (Wildman–Crippen MR) is 82.5 cm³/mol. The highest BCUT2D eigenvalue weighted by molar-refractivity contribution is 7.88. The van der Waals surface area contributed by atoms with Gasteiger partial charge in [-0.15, -0.1) is 0 Å². The summed E-state index contributed by atoms with van der Waals surface area (Å²) < 4.78 is 26.3. The minimum atomic E-state index is -3.12. The molecule has 1 aliphatic heterocycles. The van der Waals surface area contributed by atoms with Gasteiger partial charge in [-0.1, -0.05) is 0 Å². The van der Waals surface area contributed by atoms with Gasteiger partial charge in [0, 0.05) is 38.4 Å². The summed E-state index contributed by atoms with van der Waals surface area (Å²) in [6.07, 6.45) is 4.60. The van der Waals surface area contributed by atoms with Gasteiger partial charge in [0.15, 0.2) is 5.82 Å². The van der Waals surface area contributed by atoms with Crippen molar-refractivity contribution in [2.75, 3.05) is 37.3 Å². The molecule has 1 fully saturated rings. The van der Waals surface area contributed by atoms with Crippen molar-refractivity contribution in [2.45, 2.75) is 6.92 Å². The van der Waals surface area contributed by atoms with Crippen LogP contribution in [0.4, 0.5) is 5.82 Å². The molecule has 0 atom stereocenters. The maximum Gasteiger partial charge on any atom is 0.211 e. The van der Waals surface area contributed by atoms with Crippen molar-refractivity contribution in [1.29, 1.82) is 0 Å². The third kappa shape index (κ3) is 3.09. The van der Waals surface area contributed by atoms with Gasteiger partial charge in [0.25, 0.3) is 0 Å². The van der Waals surface area contributed by atoms with Crippen molar-refractivity contribution in [1.82, 2.24) is 24.1 Å². The monoisotopic (exact) mass is 322 g/mol. The maximum absolute atomic E-state index is 11.5. The Morgan fingerprint density at radius 1 is 1.09 bits per heavy atom. The van der Waals surface area contributed by atoms with E-state index in [0.717, 1.165) is 11.5 Å². The zero-order valence-corrected chi connectivity index (χ0v) is 13.4. The van der Waals surface area contributed by atoms with Crippen LogP contribution in [0.25, 0.3) is 5.82 Å². The van der Waals surface area contributed by atoms with Gasteiger partial charge in [0.1, 0.15) is 12.1 Å². The summed E-state index contributed by atoms with van der Waals surface area (Å²) in [6.45, 7) is 4.09. The van der Waals surface area contributed by atoms with E-state index in [1.54, 1.807) is 4.68 Å². The lowest BCUT2D eigenvalue weighted by Crippen LogP contribution is -2.48. The molecule has 0 unspecified atom stereocenters. The fourth-order valence-electron chi connectivity index (χ4n) is 2.43. The topological polar surface area (TPSA) is 84.2 Å². The van der Waals surface area contributed by atoms with Crippen molar-refractivity contribution in [2.24, 2.45) is 0 Å². The van der Waals surface area contributed by atoms with E-state index in [-0.39, 0.29) is 0 Å². The van der Waals surface area contributed by atoms with Crippen LogP contribution < -0.4 is 4.90 Å². The van der Waals surface area contributed by atoms with Crippen LogP contribution in [0.3, 0.4) is 0 Å². The second-order valence-corrected chi connectivity index (χ2v) is 7.27. The van der Waals surface area contributed by atoms with Gasteiger partial charge in [-0.05, 0) is 13.0 Å². The van der Waals surface area contributed by atoms with Gasteiger partial charge < -0.3 is 4.90 Å². The molecular formula is C13H18N6O2S. The van der Waals surface area contributed by atoms with Crippen molar-refractivity contribution in [3.8, 4) is 5.82 Å². The fourth-order valence-corrected chi connectivity index (χ4v) is 3.25. The summed E-state index contributed by atoms with van der Waals surface area (Å²) in [7, 11) is -3.12. The van der Waals surface area contributed by atoms with E-state index in [1.165, 1.54) is 16.9 Å². The SMILES string of the molecule is Cc1ccn(-c2cc(N3CCN(S(C)(=O)=O)CC3)ncn2)n1. The first-order chi connectivity index (χ1) is 10.4. The summed E-state index contributed by atoms with van der Waals surface area (Å²) in [6, 6.07) is 3.77. The van der Waals surface area contributed by atoms with Gasteiger partial charge >= 0.3 is 0 Å². The number of nitrogens with zero attached hydrogens (tertiary/aromatic N) is 6. The highest BCUT2D eigenvalue weighted by Gasteiger charge is 2.24. The molecule has 8 nitrogen and oxygen atoms in total. The third-order valence-electron chi connectivity index (χ3n) is 3.63. The molecule has 0 bridgehead atoms. The molecular weight excluding hydrogens is 304 g/mol. The average molecular weight is 322 g/mol. The Balaban J connectivity index is 1.77. The molecule has 9 heteroatoms. The van der Waals surface area contributed by atoms with Gasteiger partial charge in [-0.2, -0.15) is 9.40 Å². The molecule has 0 spiro atoms. The quantitative estimate of drug-likeness (QED) is 0.794. The molecule has 2 aromatic rings. The minimum Gasteiger partial charge on any atom is -0.354 e. The standard InChI is InChI=1S/C13H18N6O2S/c1-11-3-4-19(16-11)13-9-12(14-10-15-13)17-5-7-18(8-6-17)22(2,20)21/h3-4,9-10H,5-8H2,1-2H3. The Kier molecular flexibility index (Phi) is 3.83. The Morgan fingerprint density at radius 3 is 2.36 bits per heavy atom. The average Bonchev–Trinajstić information content (AvgIpc) is 2.93. The Labute approximate surface area is 129 Å². The summed E-state index contributed by atoms with van der Waals surface area (Å²) in [4.78, 5) is 10.6. The number of rotatable bonds is 3. The summed E-state index contributed by atoms with van der Waals surface area (Å²) in [5.41, 5.74) is 0.918. The van der Waals surface area contributed by atoms with E-state index in [1.807, 2.05) is 25.3 Å². The van der Waals surface area contributed by atoms with Crippen LogP contribution in [0.1, 0.15) is 5.69 Å². The van der Waals surface area contributed by atoms with E-state index >= 15 is 0 Å². The number of piperazine rings is 1. The van der Waals surface area contributed by atoms with Crippen LogP contribution in [0.2, 0.25) is 0 Å². The minimum absolute atomic E-state index is 0.471. The molecule has 118 valence electrons. The molecule has 22 heavy (non-hydrogen) atoms. The molecule has 1 saturated heterocycles. The van der Waals surface area contributed by atoms with E-state index in [4.69, 9.17) is 0 Å². The molecule has 3 rings (SSSR count). The van der Waals surface area contributed by atoms with E-state index in [0.29, 0.717) is 32.0 Å². The zero-order chi connectivity index (χ0) is 15.7. The molecule has 0 saturated carbocycles. The second-order valence-electron chi connectivity index (χ2n) is 5.29. The lowest BCUT2D eigenvalue weighted by atomic mass is 10.3. The highest BCUT2D eigenvalue weighted by Crippen LogP contribution is 2.16. The van der Waals surface area contributed by atoms with Crippen molar-refractivity contribution in [3.05, 3.63) is 30.4 Å². The van der Waals surface area contributed by atoms with E-state index in [2.05, 4.69) is 20.0 Å². The lowest BCUT2D eigenvalue weighted by molar-refractivity contribution is 0.387. The highest BCUT2D eigenvalue weighted by atomic mass is 32.2. The fraction of sp³-hybridized carbons (Fsp3) is 0.462. The summed E-state index contributed by atoms with van der Waals surface area (Å²) in [5.74, 6) is 1.48. The molecule has 0 amide bonds. The molecule has 0 aromatic carbocycles. The second kappa shape index (κ2) is 5.65. The maximum atomic E-state index is 11.5. The van der Waals surface area contributed by atoms with Crippen LogP contribution >= 0.6 is 0 Å². The largest absolute Gasteiger partial charge is 0.354 e. The number of hydrogen-bond acceptors (Lipinski definition) is 6. The zero-order valence-electron chi connectivity index (χ0n) is 12.5. The molecule has 0 aliphatic carbocycles. The van der Waals surface area contributed by atoms with Gasteiger partial charge in [-0.3, -0.25) is 0 Å². The van der Waals surface area contributed by atoms with Gasteiger partial charge in [0.05, 0.1) is 11.9 Å². The molecule has 3 heterocycles. The van der Waals surface area contributed by atoms with Crippen LogP contribution in [-0.2, 0) is 10.0 Å². The van der Waals surface area contributed by atoms with Crippen LogP contribution in [0, 0.1) is 6.92 Å². The number of hydrogen-bond donors (Lipinski definition) is 0. The van der Waals surface area contributed by atoms with Crippen LogP contribution in [-0.4, -0.2) is 64.9 Å². The van der Waals surface area contributed by atoms with Gasteiger partial charge in [-0.25, -0.2) is 23.1 Å². The number of anilines is 1. The number of aryl methyl sites for hydroxylation is 1. The van der Waals surface area contributed by atoms with E-state index in [9.17, 15) is 8.42 Å².